The van der Waals surface area contributed by atoms with E-state index in [1.807, 2.05) is 0 Å². The molecule has 0 saturated heterocycles. The highest BCUT2D eigenvalue weighted by Gasteiger charge is 2.41. The lowest BCUT2D eigenvalue weighted by Crippen LogP contribution is -2.33. The van der Waals surface area contributed by atoms with Gasteiger partial charge in [-0.2, -0.15) is 8.78 Å². The summed E-state index contributed by atoms with van der Waals surface area (Å²) in [6.07, 6.45) is -5.87. The molecule has 1 unspecified atom stereocenters. The van der Waals surface area contributed by atoms with Crippen LogP contribution in [0.2, 0.25) is 0 Å². The van der Waals surface area contributed by atoms with Gasteiger partial charge in [-0.1, -0.05) is 6.92 Å². The average molecular weight is 192 g/mol. The first-order valence-corrected chi connectivity index (χ1v) is 3.31. The summed E-state index contributed by atoms with van der Waals surface area (Å²) in [6.45, 7) is -0.231. The van der Waals surface area contributed by atoms with Crippen LogP contribution < -0.4 is 0 Å². The van der Waals surface area contributed by atoms with Crippen molar-refractivity contribution in [1.29, 1.82) is 0 Å². The molecule has 0 N–H and O–H groups in total. The van der Waals surface area contributed by atoms with Gasteiger partial charge in [-0.3, -0.25) is 0 Å². The third-order valence-corrected chi connectivity index (χ3v) is 1.10. The van der Waals surface area contributed by atoms with E-state index in [9.17, 15) is 22.0 Å². The molecule has 0 heterocycles. The molecule has 0 radical (unpaired) electrons. The SMILES string of the molecule is CCC(F)OCC(F)(F)C(F)F. The second-order valence-electron chi connectivity index (χ2n) is 2.19. The van der Waals surface area contributed by atoms with Crippen molar-refractivity contribution >= 4 is 0 Å². The highest BCUT2D eigenvalue weighted by molar-refractivity contribution is 4.67. The molecule has 0 amide bonds. The minimum atomic E-state index is -4.26. The van der Waals surface area contributed by atoms with Crippen molar-refractivity contribution in [3.63, 3.8) is 0 Å². The second-order valence-corrected chi connectivity index (χ2v) is 2.19. The van der Waals surface area contributed by atoms with Crippen molar-refractivity contribution < 1.29 is 26.7 Å². The molecule has 0 bridgehead atoms. The highest BCUT2D eigenvalue weighted by atomic mass is 19.3. The van der Waals surface area contributed by atoms with Crippen molar-refractivity contribution in [2.45, 2.75) is 32.1 Å². The van der Waals surface area contributed by atoms with Gasteiger partial charge in [-0.15, -0.1) is 0 Å². The molecule has 12 heavy (non-hydrogen) atoms. The Balaban J connectivity index is 3.75. The Morgan fingerprint density at radius 2 is 1.75 bits per heavy atom. The Morgan fingerprint density at radius 1 is 1.25 bits per heavy atom. The molecule has 0 fully saturated rings. The van der Waals surface area contributed by atoms with Gasteiger partial charge in [0.2, 0.25) is 0 Å². The zero-order valence-corrected chi connectivity index (χ0v) is 6.37. The summed E-state index contributed by atoms with van der Waals surface area (Å²) in [5, 5.41) is 0. The minimum absolute atomic E-state index is 0.140. The Morgan fingerprint density at radius 3 is 2.08 bits per heavy atom. The van der Waals surface area contributed by atoms with Gasteiger partial charge < -0.3 is 4.74 Å². The predicted octanol–water partition coefficient (Wildman–Crippen LogP) is 2.61. The van der Waals surface area contributed by atoms with Crippen LogP contribution >= 0.6 is 0 Å². The van der Waals surface area contributed by atoms with Gasteiger partial charge in [0.1, 0.15) is 6.61 Å². The van der Waals surface area contributed by atoms with E-state index in [-0.39, 0.29) is 6.42 Å². The predicted molar refractivity (Wildman–Crippen MR) is 32.1 cm³/mol. The lowest BCUT2D eigenvalue weighted by atomic mass is 10.4. The number of hydrogen-bond donors (Lipinski definition) is 0. The van der Waals surface area contributed by atoms with Crippen LogP contribution in [-0.4, -0.2) is 25.3 Å². The van der Waals surface area contributed by atoms with Crippen molar-refractivity contribution in [3.8, 4) is 0 Å². The number of ether oxygens (including phenoxy) is 1. The quantitative estimate of drug-likeness (QED) is 0.608. The third kappa shape index (κ3) is 3.85. The highest BCUT2D eigenvalue weighted by Crippen LogP contribution is 2.23. The van der Waals surface area contributed by atoms with Crippen LogP contribution in [0.1, 0.15) is 13.3 Å². The summed E-state index contributed by atoms with van der Waals surface area (Å²) >= 11 is 0. The van der Waals surface area contributed by atoms with E-state index >= 15 is 0 Å². The van der Waals surface area contributed by atoms with Crippen LogP contribution in [0.5, 0.6) is 0 Å². The monoisotopic (exact) mass is 192 g/mol. The van der Waals surface area contributed by atoms with E-state index in [1.54, 1.807) is 0 Å². The first-order valence-electron chi connectivity index (χ1n) is 3.31. The molecule has 0 aromatic heterocycles. The number of halogens is 5. The second kappa shape index (κ2) is 4.59. The van der Waals surface area contributed by atoms with Gasteiger partial charge >= 0.3 is 12.3 Å². The Bertz CT molecular complexity index is 127. The first kappa shape index (κ1) is 11.6. The maximum absolute atomic E-state index is 12.1. The molecule has 0 aliphatic carbocycles. The van der Waals surface area contributed by atoms with Gasteiger partial charge in [0.15, 0.2) is 6.36 Å². The fraction of sp³-hybridized carbons (Fsp3) is 1.00. The fourth-order valence-electron chi connectivity index (χ4n) is 0.382. The summed E-state index contributed by atoms with van der Waals surface area (Å²) in [5.41, 5.74) is 0. The van der Waals surface area contributed by atoms with Crippen LogP contribution in [0.25, 0.3) is 0 Å². The fourth-order valence-corrected chi connectivity index (χ4v) is 0.382. The van der Waals surface area contributed by atoms with Crippen molar-refractivity contribution in [1.82, 2.24) is 0 Å². The molecular formula is C6H9F5O. The smallest absolute Gasteiger partial charge is 0.330 e. The van der Waals surface area contributed by atoms with Gasteiger partial charge in [0, 0.05) is 6.42 Å². The summed E-state index contributed by atoms with van der Waals surface area (Å²) < 4.78 is 62.8. The average Bonchev–Trinajstić information content (AvgIpc) is 2.00. The normalized spacial score (nSPS) is 15.2. The van der Waals surface area contributed by atoms with E-state index in [4.69, 9.17) is 0 Å². The molecule has 0 aromatic rings. The maximum atomic E-state index is 12.1. The molecule has 0 aromatic carbocycles. The lowest BCUT2D eigenvalue weighted by molar-refractivity contribution is -0.191. The summed E-state index contributed by atoms with van der Waals surface area (Å²) in [7, 11) is 0. The van der Waals surface area contributed by atoms with E-state index in [0.29, 0.717) is 0 Å². The summed E-state index contributed by atoms with van der Waals surface area (Å²) in [6, 6.07) is 0. The van der Waals surface area contributed by atoms with Crippen molar-refractivity contribution in [2.24, 2.45) is 0 Å². The van der Waals surface area contributed by atoms with E-state index < -0.39 is 25.3 Å². The first-order chi connectivity index (χ1) is 5.40. The van der Waals surface area contributed by atoms with Gasteiger partial charge in [0.05, 0.1) is 0 Å². The lowest BCUT2D eigenvalue weighted by Gasteiger charge is -2.16. The van der Waals surface area contributed by atoms with E-state index in [2.05, 4.69) is 4.74 Å². The molecular weight excluding hydrogens is 183 g/mol. The van der Waals surface area contributed by atoms with E-state index in [1.165, 1.54) is 6.92 Å². The number of rotatable bonds is 5. The minimum Gasteiger partial charge on any atom is -0.342 e. The number of alkyl halides is 5. The van der Waals surface area contributed by atoms with Crippen LogP contribution in [0.3, 0.4) is 0 Å². The van der Waals surface area contributed by atoms with Crippen LogP contribution in [-0.2, 0) is 4.74 Å². The Kier molecular flexibility index (Phi) is 4.44. The third-order valence-electron chi connectivity index (χ3n) is 1.10. The van der Waals surface area contributed by atoms with Crippen LogP contribution in [0.4, 0.5) is 22.0 Å². The Labute approximate surface area is 66.5 Å². The van der Waals surface area contributed by atoms with Gasteiger partial charge in [-0.25, -0.2) is 13.2 Å². The van der Waals surface area contributed by atoms with Crippen LogP contribution in [0, 0.1) is 0 Å². The van der Waals surface area contributed by atoms with Gasteiger partial charge in [-0.05, 0) is 0 Å². The molecule has 6 heteroatoms. The molecule has 1 atom stereocenters. The molecule has 74 valence electrons. The van der Waals surface area contributed by atoms with Crippen molar-refractivity contribution in [2.75, 3.05) is 6.61 Å². The van der Waals surface area contributed by atoms with Crippen LogP contribution in [0.15, 0.2) is 0 Å². The van der Waals surface area contributed by atoms with Gasteiger partial charge in [0.25, 0.3) is 0 Å². The molecule has 0 aliphatic rings. The zero-order chi connectivity index (χ0) is 9.78. The summed E-state index contributed by atoms with van der Waals surface area (Å²) in [4.78, 5) is 0. The Hall–Kier alpha value is -0.390. The standard InChI is InChI=1S/C6H9F5O/c1-2-4(7)12-3-6(10,11)5(8)9/h4-5H,2-3H2,1H3. The topological polar surface area (TPSA) is 9.23 Å². The number of hydrogen-bond acceptors (Lipinski definition) is 1. The molecule has 0 rings (SSSR count). The largest absolute Gasteiger partial charge is 0.342 e. The molecule has 1 nitrogen and oxygen atoms in total. The molecule has 0 spiro atoms. The van der Waals surface area contributed by atoms with Crippen molar-refractivity contribution in [3.05, 3.63) is 0 Å². The zero-order valence-electron chi connectivity index (χ0n) is 6.37. The molecule has 0 aliphatic heterocycles. The molecule has 0 saturated carbocycles. The summed E-state index contributed by atoms with van der Waals surface area (Å²) in [5.74, 6) is -4.26. The maximum Gasteiger partial charge on any atom is 0.330 e. The van der Waals surface area contributed by atoms with E-state index in [0.717, 1.165) is 0 Å².